The number of nitrogens with two attached hydrogens (primary N) is 1. The summed E-state index contributed by atoms with van der Waals surface area (Å²) in [4.78, 5) is 40.2. The number of phenols is 1. The number of carbonyl (C=O) groups is 3. The monoisotopic (exact) mass is 465 g/mol. The zero-order valence-corrected chi connectivity index (χ0v) is 19.0. The molecule has 1 fully saturated rings. The van der Waals surface area contributed by atoms with E-state index in [1.54, 1.807) is 19.1 Å². The minimum atomic E-state index is -0.840. The molecule has 8 heteroatoms. The van der Waals surface area contributed by atoms with Crippen molar-refractivity contribution in [1.82, 2.24) is 0 Å². The van der Waals surface area contributed by atoms with Crippen molar-refractivity contribution in [1.29, 1.82) is 0 Å². The van der Waals surface area contributed by atoms with Gasteiger partial charge in [0.2, 0.25) is 12.1 Å². The predicted molar refractivity (Wildman–Crippen MR) is 121 cm³/mol. The highest BCUT2D eigenvalue weighted by Crippen LogP contribution is 2.43. The number of hydrogen-bond acceptors (Lipinski definition) is 8. The van der Waals surface area contributed by atoms with Crippen LogP contribution in [0.2, 0.25) is 0 Å². The van der Waals surface area contributed by atoms with Gasteiger partial charge in [-0.1, -0.05) is 25.5 Å². The second kappa shape index (κ2) is 8.30. The minimum Gasteiger partial charge on any atom is -0.507 e. The van der Waals surface area contributed by atoms with Crippen molar-refractivity contribution in [3.63, 3.8) is 0 Å². The molecule has 4 N–H and O–H groups in total. The highest BCUT2D eigenvalue weighted by molar-refractivity contribution is 6.32. The third kappa shape index (κ3) is 3.45. The summed E-state index contributed by atoms with van der Waals surface area (Å²) in [7, 11) is 0. The molecule has 0 aromatic heterocycles. The van der Waals surface area contributed by atoms with Gasteiger partial charge in [-0.3, -0.25) is 14.4 Å². The molecule has 0 bridgehead atoms. The quantitative estimate of drug-likeness (QED) is 0.537. The normalized spacial score (nSPS) is 28.2. The lowest BCUT2D eigenvalue weighted by Gasteiger charge is -2.36. The molecule has 5 atom stereocenters. The first-order chi connectivity index (χ1) is 16.2. The number of Topliss-reactive ketones (excluding diaryl/α,β-unsaturated/α-hetero) is 1. The Balaban J connectivity index is 1.58. The zero-order chi connectivity index (χ0) is 24.3. The van der Waals surface area contributed by atoms with Crippen LogP contribution in [0.1, 0.15) is 80.9 Å². The molecular weight excluding hydrogens is 438 g/mol. The fourth-order valence-electron chi connectivity index (χ4n) is 5.31. The Morgan fingerprint density at radius 2 is 1.85 bits per heavy atom. The van der Waals surface area contributed by atoms with Crippen LogP contribution in [0.15, 0.2) is 24.3 Å². The first-order valence-electron chi connectivity index (χ1n) is 11.6. The second-order valence-electron chi connectivity index (χ2n) is 9.40. The van der Waals surface area contributed by atoms with Crippen molar-refractivity contribution in [3.05, 3.63) is 57.6 Å². The maximum Gasteiger partial charge on any atom is 0.202 e. The fourth-order valence-corrected chi connectivity index (χ4v) is 5.31. The summed E-state index contributed by atoms with van der Waals surface area (Å²) in [6, 6.07) is 5.53. The van der Waals surface area contributed by atoms with Gasteiger partial charge in [-0.05, 0) is 37.0 Å². The van der Waals surface area contributed by atoms with Crippen LogP contribution in [0.4, 0.5) is 0 Å². The molecule has 0 spiro atoms. The fraction of sp³-hybridized carbons (Fsp3) is 0.423. The van der Waals surface area contributed by atoms with Crippen LogP contribution in [0.3, 0.4) is 0 Å². The van der Waals surface area contributed by atoms with Crippen LogP contribution in [-0.2, 0) is 11.2 Å². The van der Waals surface area contributed by atoms with Crippen LogP contribution < -0.4 is 10.5 Å². The van der Waals surface area contributed by atoms with Gasteiger partial charge in [0.25, 0.3) is 0 Å². The van der Waals surface area contributed by atoms with E-state index >= 15 is 0 Å². The van der Waals surface area contributed by atoms with E-state index in [0.717, 1.165) is 6.42 Å². The number of aromatic hydroxyl groups is 1. The van der Waals surface area contributed by atoms with Crippen molar-refractivity contribution in [2.75, 3.05) is 0 Å². The van der Waals surface area contributed by atoms with E-state index in [4.69, 9.17) is 15.2 Å². The largest absolute Gasteiger partial charge is 0.507 e. The Bertz CT molecular complexity index is 1210. The van der Waals surface area contributed by atoms with Gasteiger partial charge in [-0.15, -0.1) is 0 Å². The third-order valence-electron chi connectivity index (χ3n) is 7.19. The van der Waals surface area contributed by atoms with Crippen molar-refractivity contribution >= 4 is 17.3 Å². The van der Waals surface area contributed by atoms with Gasteiger partial charge < -0.3 is 25.4 Å². The van der Waals surface area contributed by atoms with Crippen molar-refractivity contribution in [2.24, 2.45) is 11.7 Å². The number of ketones is 3. The van der Waals surface area contributed by atoms with Gasteiger partial charge in [-0.2, -0.15) is 0 Å². The van der Waals surface area contributed by atoms with E-state index in [1.807, 2.05) is 6.92 Å². The number of rotatable bonds is 3. The lowest BCUT2D eigenvalue weighted by atomic mass is 9.73. The molecule has 0 amide bonds. The number of aliphatic hydroxyl groups is 1. The van der Waals surface area contributed by atoms with Gasteiger partial charge >= 0.3 is 0 Å². The number of phenolic OH excluding ortho intramolecular Hbond substituents is 1. The number of aliphatic hydroxyl groups excluding tert-OH is 1. The number of carbonyl (C=O) groups excluding carboxylic acids is 3. The van der Waals surface area contributed by atoms with Crippen LogP contribution >= 0.6 is 0 Å². The van der Waals surface area contributed by atoms with Gasteiger partial charge in [0, 0.05) is 35.6 Å². The van der Waals surface area contributed by atoms with E-state index in [0.29, 0.717) is 18.4 Å². The minimum absolute atomic E-state index is 0.0147. The van der Waals surface area contributed by atoms with E-state index in [1.165, 1.54) is 12.1 Å². The molecule has 2 aliphatic carbocycles. The predicted octanol–water partition coefficient (Wildman–Crippen LogP) is 2.52. The second-order valence-corrected chi connectivity index (χ2v) is 9.40. The Morgan fingerprint density at radius 1 is 1.09 bits per heavy atom. The molecule has 0 saturated carbocycles. The van der Waals surface area contributed by atoms with Gasteiger partial charge in [0.1, 0.15) is 11.5 Å². The molecule has 2 aromatic rings. The molecule has 5 rings (SSSR count). The van der Waals surface area contributed by atoms with Crippen molar-refractivity contribution in [3.8, 4) is 11.5 Å². The highest BCUT2D eigenvalue weighted by atomic mass is 16.7. The summed E-state index contributed by atoms with van der Waals surface area (Å²) in [6.07, 6.45) is -0.357. The summed E-state index contributed by atoms with van der Waals surface area (Å²) in [5.74, 6) is -1.31. The summed E-state index contributed by atoms with van der Waals surface area (Å²) in [5, 5.41) is 20.8. The first-order valence-corrected chi connectivity index (χ1v) is 11.6. The number of fused-ring (bicyclic) bond motifs is 4. The third-order valence-corrected chi connectivity index (χ3v) is 7.19. The van der Waals surface area contributed by atoms with Gasteiger partial charge in [0.05, 0.1) is 23.3 Å². The molecule has 1 aliphatic heterocycles. The van der Waals surface area contributed by atoms with Crippen LogP contribution in [0.5, 0.6) is 11.5 Å². The average molecular weight is 466 g/mol. The van der Waals surface area contributed by atoms with E-state index in [2.05, 4.69) is 0 Å². The lowest BCUT2D eigenvalue weighted by molar-refractivity contribution is -0.186. The van der Waals surface area contributed by atoms with E-state index < -0.39 is 36.1 Å². The van der Waals surface area contributed by atoms with Crippen LogP contribution in [0, 0.1) is 5.92 Å². The highest BCUT2D eigenvalue weighted by Gasteiger charge is 2.41. The lowest BCUT2D eigenvalue weighted by Crippen LogP contribution is -2.52. The molecular formula is C26H27NO7. The maximum atomic E-state index is 13.6. The average Bonchev–Trinajstić information content (AvgIpc) is 2.79. The molecule has 1 saturated heterocycles. The Hall–Kier alpha value is -3.07. The molecule has 0 radical (unpaired) electrons. The molecule has 34 heavy (non-hydrogen) atoms. The number of hydrogen-bond donors (Lipinski definition) is 3. The van der Waals surface area contributed by atoms with E-state index in [9.17, 15) is 24.6 Å². The van der Waals surface area contributed by atoms with Crippen molar-refractivity contribution in [2.45, 2.75) is 64.1 Å². The standard InChI is InChI=1S/C26H27NO7/c1-3-12-7-13-9-17(29)22-23(20(13)16(28)8-12)25(31)14-5-4-6-18(21(14)26(22)32)34-19-10-15(27)24(30)11(2)33-19/h4-6,9,11-12,15,19,24,29-30H,3,7-8,10,27H2,1-2H3/t11-,12-,15+,19?,24-/m0/s1. The van der Waals surface area contributed by atoms with Crippen LogP contribution in [0.25, 0.3) is 0 Å². The molecule has 2 aromatic carbocycles. The summed E-state index contributed by atoms with van der Waals surface area (Å²) >= 11 is 0. The molecule has 178 valence electrons. The molecule has 1 unspecified atom stereocenters. The summed E-state index contributed by atoms with van der Waals surface area (Å²) in [5.41, 5.74) is 6.78. The summed E-state index contributed by atoms with van der Waals surface area (Å²) in [6.45, 7) is 3.67. The molecule has 1 heterocycles. The summed E-state index contributed by atoms with van der Waals surface area (Å²) < 4.78 is 11.6. The Labute approximate surface area is 196 Å². The van der Waals surface area contributed by atoms with Crippen LogP contribution in [-0.4, -0.2) is 52.1 Å². The van der Waals surface area contributed by atoms with Crippen molar-refractivity contribution < 1.29 is 34.1 Å². The van der Waals surface area contributed by atoms with Gasteiger partial charge in [0.15, 0.2) is 11.6 Å². The smallest absolute Gasteiger partial charge is 0.202 e. The SMILES string of the molecule is CC[C@@H]1CC(=O)c2c(cc(O)c3c2C(=O)c2cccc(OC4C[C@@H](N)[C@@H](O)[C@H](C)O4)c2C3=O)C1. The van der Waals surface area contributed by atoms with Gasteiger partial charge in [-0.25, -0.2) is 0 Å². The zero-order valence-electron chi connectivity index (χ0n) is 19.0. The first kappa shape index (κ1) is 22.7. The molecule has 8 nitrogen and oxygen atoms in total. The van der Waals surface area contributed by atoms with E-state index in [-0.39, 0.29) is 57.4 Å². The Kier molecular flexibility index (Phi) is 5.55. The Morgan fingerprint density at radius 3 is 2.56 bits per heavy atom. The number of benzene rings is 2. The molecule has 3 aliphatic rings. The number of ether oxygens (including phenoxy) is 2. The topological polar surface area (TPSA) is 136 Å². The maximum absolute atomic E-state index is 13.6.